The van der Waals surface area contributed by atoms with Crippen molar-refractivity contribution in [1.82, 2.24) is 4.90 Å². The lowest BCUT2D eigenvalue weighted by Crippen LogP contribution is -2.61. The molecule has 14 heavy (non-hydrogen) atoms. The largest absolute Gasteiger partial charge is 0.379 e. The summed E-state index contributed by atoms with van der Waals surface area (Å²) in [6, 6.07) is 0.533. The minimum atomic E-state index is 0.272. The summed E-state index contributed by atoms with van der Waals surface area (Å²) in [5, 5.41) is 0. The number of nitrogens with zero attached hydrogens (tertiary/aromatic N) is 1. The van der Waals surface area contributed by atoms with E-state index in [1.807, 2.05) is 11.8 Å². The zero-order valence-electron chi connectivity index (χ0n) is 8.87. The van der Waals surface area contributed by atoms with Gasteiger partial charge in [0.15, 0.2) is 0 Å². The van der Waals surface area contributed by atoms with Gasteiger partial charge in [-0.25, -0.2) is 0 Å². The van der Waals surface area contributed by atoms with Crippen LogP contribution in [0.5, 0.6) is 0 Å². The predicted octanol–water partition coefficient (Wildman–Crippen LogP) is 0.541. The van der Waals surface area contributed by atoms with Crippen LogP contribution in [0.3, 0.4) is 0 Å². The van der Waals surface area contributed by atoms with Crippen molar-refractivity contribution in [1.29, 1.82) is 0 Å². The van der Waals surface area contributed by atoms with Gasteiger partial charge in [0.2, 0.25) is 0 Å². The fourth-order valence-corrected chi connectivity index (χ4v) is 4.01. The highest BCUT2D eigenvalue weighted by Crippen LogP contribution is 2.34. The SMILES string of the molecule is CC1COCCN1C1(CN)CCSC1. The molecule has 0 aromatic rings. The van der Waals surface area contributed by atoms with E-state index in [1.54, 1.807) is 0 Å². The Morgan fingerprint density at radius 1 is 1.64 bits per heavy atom. The Labute approximate surface area is 90.3 Å². The van der Waals surface area contributed by atoms with E-state index in [-0.39, 0.29) is 5.54 Å². The molecule has 2 heterocycles. The minimum absolute atomic E-state index is 0.272. The molecule has 0 spiro atoms. The normalized spacial score (nSPS) is 40.3. The van der Waals surface area contributed by atoms with E-state index < -0.39 is 0 Å². The van der Waals surface area contributed by atoms with E-state index in [2.05, 4.69) is 11.8 Å². The molecule has 2 fully saturated rings. The molecule has 4 heteroatoms. The first kappa shape index (κ1) is 10.7. The Morgan fingerprint density at radius 3 is 3.07 bits per heavy atom. The molecule has 0 aromatic carbocycles. The van der Waals surface area contributed by atoms with Crippen LogP contribution in [0.15, 0.2) is 0 Å². The van der Waals surface area contributed by atoms with Crippen molar-refractivity contribution in [2.45, 2.75) is 24.9 Å². The highest BCUT2D eigenvalue weighted by atomic mass is 32.2. The smallest absolute Gasteiger partial charge is 0.0620 e. The maximum atomic E-state index is 5.97. The molecule has 2 unspecified atom stereocenters. The van der Waals surface area contributed by atoms with Crippen molar-refractivity contribution in [2.24, 2.45) is 5.73 Å². The number of ether oxygens (including phenoxy) is 1. The predicted molar refractivity (Wildman–Crippen MR) is 60.7 cm³/mol. The third kappa shape index (κ3) is 1.81. The zero-order chi connectivity index (χ0) is 10.0. The van der Waals surface area contributed by atoms with Crippen molar-refractivity contribution >= 4 is 11.8 Å². The lowest BCUT2D eigenvalue weighted by molar-refractivity contribution is -0.0482. The molecule has 82 valence electrons. The summed E-state index contributed by atoms with van der Waals surface area (Å²) >= 11 is 2.04. The van der Waals surface area contributed by atoms with Crippen LogP contribution < -0.4 is 5.73 Å². The maximum Gasteiger partial charge on any atom is 0.0620 e. The van der Waals surface area contributed by atoms with E-state index >= 15 is 0 Å². The van der Waals surface area contributed by atoms with Crippen LogP contribution in [0.25, 0.3) is 0 Å². The second kappa shape index (κ2) is 4.39. The monoisotopic (exact) mass is 216 g/mol. The molecule has 0 aliphatic carbocycles. The first-order valence-electron chi connectivity index (χ1n) is 5.41. The first-order chi connectivity index (χ1) is 6.78. The second-order valence-corrected chi connectivity index (χ2v) is 5.45. The summed E-state index contributed by atoms with van der Waals surface area (Å²) < 4.78 is 5.47. The Hall–Kier alpha value is 0.230. The first-order valence-corrected chi connectivity index (χ1v) is 6.56. The zero-order valence-corrected chi connectivity index (χ0v) is 9.68. The lowest BCUT2D eigenvalue weighted by Gasteiger charge is -2.46. The molecule has 0 amide bonds. The van der Waals surface area contributed by atoms with Crippen LogP contribution >= 0.6 is 11.8 Å². The van der Waals surface area contributed by atoms with Crippen LogP contribution in [-0.2, 0) is 4.74 Å². The molecule has 2 N–H and O–H groups in total. The molecule has 0 bridgehead atoms. The van der Waals surface area contributed by atoms with Crippen LogP contribution in [0, 0.1) is 0 Å². The third-order valence-electron chi connectivity index (χ3n) is 3.44. The number of nitrogens with two attached hydrogens (primary N) is 1. The summed E-state index contributed by atoms with van der Waals surface area (Å²) in [5.74, 6) is 2.47. The summed E-state index contributed by atoms with van der Waals surface area (Å²) in [4.78, 5) is 2.58. The lowest BCUT2D eigenvalue weighted by atomic mass is 9.94. The number of morpholine rings is 1. The average Bonchev–Trinajstić information content (AvgIpc) is 2.68. The Morgan fingerprint density at radius 2 is 2.50 bits per heavy atom. The molecule has 2 aliphatic heterocycles. The van der Waals surface area contributed by atoms with Crippen LogP contribution in [0.2, 0.25) is 0 Å². The van der Waals surface area contributed by atoms with Gasteiger partial charge >= 0.3 is 0 Å². The highest BCUT2D eigenvalue weighted by Gasteiger charge is 2.41. The number of hydrogen-bond donors (Lipinski definition) is 1. The maximum absolute atomic E-state index is 5.97. The molecule has 0 radical (unpaired) electrons. The average molecular weight is 216 g/mol. The van der Waals surface area contributed by atoms with Gasteiger partial charge in [0.1, 0.15) is 0 Å². The number of thioether (sulfide) groups is 1. The fourth-order valence-electron chi connectivity index (χ4n) is 2.53. The van der Waals surface area contributed by atoms with Crippen molar-refractivity contribution in [3.8, 4) is 0 Å². The molecule has 2 rings (SSSR count). The van der Waals surface area contributed by atoms with E-state index in [9.17, 15) is 0 Å². The third-order valence-corrected chi connectivity index (χ3v) is 4.67. The van der Waals surface area contributed by atoms with Gasteiger partial charge in [-0.05, 0) is 19.1 Å². The Bertz CT molecular complexity index is 195. The molecule has 0 aromatic heterocycles. The van der Waals surface area contributed by atoms with E-state index in [4.69, 9.17) is 10.5 Å². The Kier molecular flexibility index (Phi) is 3.37. The van der Waals surface area contributed by atoms with Crippen molar-refractivity contribution in [2.75, 3.05) is 37.8 Å². The molecule has 2 aliphatic rings. The van der Waals surface area contributed by atoms with Crippen LogP contribution in [-0.4, -0.2) is 54.3 Å². The topological polar surface area (TPSA) is 38.5 Å². The van der Waals surface area contributed by atoms with Crippen molar-refractivity contribution in [3.05, 3.63) is 0 Å². The van der Waals surface area contributed by atoms with Gasteiger partial charge in [0.25, 0.3) is 0 Å². The van der Waals surface area contributed by atoms with Gasteiger partial charge in [-0.3, -0.25) is 4.90 Å². The van der Waals surface area contributed by atoms with Crippen LogP contribution in [0.1, 0.15) is 13.3 Å². The molecular formula is C10H20N2OS. The second-order valence-electron chi connectivity index (χ2n) is 4.35. The highest BCUT2D eigenvalue weighted by molar-refractivity contribution is 7.99. The molecule has 0 saturated carbocycles. The molecule has 2 saturated heterocycles. The summed E-state index contributed by atoms with van der Waals surface area (Å²) in [5.41, 5.74) is 6.24. The van der Waals surface area contributed by atoms with Crippen molar-refractivity contribution in [3.63, 3.8) is 0 Å². The molecular weight excluding hydrogens is 196 g/mol. The molecule has 2 atom stereocenters. The number of hydrogen-bond acceptors (Lipinski definition) is 4. The van der Waals surface area contributed by atoms with Gasteiger partial charge < -0.3 is 10.5 Å². The van der Waals surface area contributed by atoms with Crippen LogP contribution in [0.4, 0.5) is 0 Å². The van der Waals surface area contributed by atoms with Crippen molar-refractivity contribution < 1.29 is 4.74 Å². The van der Waals surface area contributed by atoms with E-state index in [0.29, 0.717) is 6.04 Å². The summed E-state index contributed by atoms with van der Waals surface area (Å²) in [6.45, 7) is 5.84. The summed E-state index contributed by atoms with van der Waals surface area (Å²) in [6.07, 6.45) is 1.25. The molecule has 3 nitrogen and oxygen atoms in total. The van der Waals surface area contributed by atoms with Gasteiger partial charge in [0, 0.05) is 30.4 Å². The van der Waals surface area contributed by atoms with Gasteiger partial charge in [0.05, 0.1) is 13.2 Å². The van der Waals surface area contributed by atoms with Gasteiger partial charge in [-0.15, -0.1) is 0 Å². The van der Waals surface area contributed by atoms with E-state index in [0.717, 1.165) is 26.3 Å². The standard InChI is InChI=1S/C10H20N2OS/c1-9-6-13-4-3-12(9)10(7-11)2-5-14-8-10/h9H,2-8,11H2,1H3. The quantitative estimate of drug-likeness (QED) is 0.731. The number of rotatable bonds is 2. The van der Waals surface area contributed by atoms with Gasteiger partial charge in [-0.2, -0.15) is 11.8 Å². The summed E-state index contributed by atoms with van der Waals surface area (Å²) in [7, 11) is 0. The Balaban J connectivity index is 2.09. The minimum Gasteiger partial charge on any atom is -0.379 e. The fraction of sp³-hybridized carbons (Fsp3) is 1.00. The van der Waals surface area contributed by atoms with E-state index in [1.165, 1.54) is 17.9 Å². The van der Waals surface area contributed by atoms with Gasteiger partial charge in [-0.1, -0.05) is 0 Å².